The van der Waals surface area contributed by atoms with Crippen LogP contribution in [0.4, 0.5) is 11.4 Å². The molecule has 0 fully saturated rings. The average Bonchev–Trinajstić information content (AvgIpc) is 2.53. The highest BCUT2D eigenvalue weighted by Gasteiger charge is 2.10. The smallest absolute Gasteiger partial charge is 0.251 e. The summed E-state index contributed by atoms with van der Waals surface area (Å²) in [5.74, 6) is -0.129. The number of carbonyl (C=O) groups is 2. The summed E-state index contributed by atoms with van der Waals surface area (Å²) >= 11 is 0. The molecule has 2 rings (SSSR count). The summed E-state index contributed by atoms with van der Waals surface area (Å²) in [6.45, 7) is 7.98. The number of rotatable bonds is 6. The maximum atomic E-state index is 12.1. The molecule has 2 aromatic rings. The van der Waals surface area contributed by atoms with E-state index in [-0.39, 0.29) is 17.9 Å². The molecule has 0 atom stereocenters. The maximum absolute atomic E-state index is 12.1. The maximum Gasteiger partial charge on any atom is 0.251 e. The summed E-state index contributed by atoms with van der Waals surface area (Å²) < 4.78 is 0. The Balaban J connectivity index is 1.98. The predicted molar refractivity (Wildman–Crippen MR) is 102 cm³/mol. The molecule has 0 bridgehead atoms. The molecule has 25 heavy (non-hydrogen) atoms. The van der Waals surface area contributed by atoms with Crippen molar-refractivity contribution in [2.45, 2.75) is 40.3 Å². The van der Waals surface area contributed by atoms with Crippen LogP contribution in [0.5, 0.6) is 0 Å². The Kier molecular flexibility index (Phi) is 6.17. The highest BCUT2D eigenvalue weighted by molar-refractivity contribution is 5.96. The largest absolute Gasteiger partial charge is 0.381 e. The molecule has 0 saturated heterocycles. The number of hydrogen-bond acceptors (Lipinski definition) is 3. The van der Waals surface area contributed by atoms with E-state index in [1.165, 1.54) is 6.92 Å². The van der Waals surface area contributed by atoms with Crippen LogP contribution >= 0.6 is 0 Å². The Morgan fingerprint density at radius 2 is 1.64 bits per heavy atom. The molecule has 0 saturated carbocycles. The summed E-state index contributed by atoms with van der Waals surface area (Å²) in [6, 6.07) is 13.5. The van der Waals surface area contributed by atoms with Crippen molar-refractivity contribution >= 4 is 23.2 Å². The van der Waals surface area contributed by atoms with Gasteiger partial charge >= 0.3 is 0 Å². The highest BCUT2D eigenvalue weighted by atomic mass is 16.2. The van der Waals surface area contributed by atoms with Crippen LogP contribution in [0.15, 0.2) is 42.5 Å². The fraction of sp³-hybridized carbons (Fsp3) is 0.300. The Morgan fingerprint density at radius 1 is 1.00 bits per heavy atom. The average molecular weight is 339 g/mol. The summed E-state index contributed by atoms with van der Waals surface area (Å²) in [4.78, 5) is 23.1. The Morgan fingerprint density at radius 3 is 2.20 bits per heavy atom. The number of carbonyl (C=O) groups excluding carboxylic acids is 2. The standard InChI is InChI=1S/C20H25N3O2/c1-13(2)22-20(25)19-10-9-18(11-14(19)3)21-12-16-5-7-17(8-6-16)23-15(4)24/h5-11,13,21H,12H2,1-4H3,(H,22,25)(H,23,24). The van der Waals surface area contributed by atoms with Crippen molar-refractivity contribution in [2.75, 3.05) is 10.6 Å². The number of aryl methyl sites for hydroxylation is 1. The van der Waals surface area contributed by atoms with E-state index in [0.717, 1.165) is 22.5 Å². The van der Waals surface area contributed by atoms with Gasteiger partial charge in [0.1, 0.15) is 0 Å². The molecule has 2 amide bonds. The van der Waals surface area contributed by atoms with Gasteiger partial charge in [-0.05, 0) is 62.2 Å². The lowest BCUT2D eigenvalue weighted by molar-refractivity contribution is -0.114. The van der Waals surface area contributed by atoms with Gasteiger partial charge in [-0.25, -0.2) is 0 Å². The van der Waals surface area contributed by atoms with Crippen molar-refractivity contribution < 1.29 is 9.59 Å². The van der Waals surface area contributed by atoms with Crippen molar-refractivity contribution in [3.8, 4) is 0 Å². The van der Waals surface area contributed by atoms with Crippen molar-refractivity contribution in [1.29, 1.82) is 0 Å². The van der Waals surface area contributed by atoms with Crippen molar-refractivity contribution in [2.24, 2.45) is 0 Å². The quantitative estimate of drug-likeness (QED) is 0.751. The SMILES string of the molecule is CC(=O)Nc1ccc(CNc2ccc(C(=O)NC(C)C)c(C)c2)cc1. The minimum Gasteiger partial charge on any atom is -0.381 e. The molecule has 0 aliphatic carbocycles. The number of amides is 2. The Labute approximate surface area is 148 Å². The first kappa shape index (κ1) is 18.5. The number of hydrogen-bond donors (Lipinski definition) is 3. The molecule has 0 radical (unpaired) electrons. The van der Waals surface area contributed by atoms with Gasteiger partial charge in [-0.1, -0.05) is 12.1 Å². The summed E-state index contributed by atoms with van der Waals surface area (Å²) in [6.07, 6.45) is 0. The third-order valence-corrected chi connectivity index (χ3v) is 3.66. The second-order valence-corrected chi connectivity index (χ2v) is 6.39. The van der Waals surface area contributed by atoms with Crippen LogP contribution in [0.1, 0.15) is 42.3 Å². The molecule has 132 valence electrons. The van der Waals surface area contributed by atoms with Crippen molar-refractivity contribution in [1.82, 2.24) is 5.32 Å². The van der Waals surface area contributed by atoms with Gasteiger partial charge in [0.2, 0.25) is 5.91 Å². The lowest BCUT2D eigenvalue weighted by atomic mass is 10.1. The molecule has 5 nitrogen and oxygen atoms in total. The first-order valence-electron chi connectivity index (χ1n) is 8.37. The van der Waals surface area contributed by atoms with E-state index < -0.39 is 0 Å². The molecule has 0 heterocycles. The van der Waals surface area contributed by atoms with Gasteiger partial charge in [0.15, 0.2) is 0 Å². The minimum atomic E-state index is -0.0806. The molecule has 0 aliphatic heterocycles. The molecule has 0 aromatic heterocycles. The van der Waals surface area contributed by atoms with Crippen LogP contribution in [0.3, 0.4) is 0 Å². The number of nitrogens with one attached hydrogen (secondary N) is 3. The lowest BCUT2D eigenvalue weighted by Crippen LogP contribution is -2.30. The summed E-state index contributed by atoms with van der Waals surface area (Å²) in [5, 5.41) is 9.00. The second-order valence-electron chi connectivity index (χ2n) is 6.39. The monoisotopic (exact) mass is 339 g/mol. The van der Waals surface area contributed by atoms with Crippen molar-refractivity contribution in [3.63, 3.8) is 0 Å². The van der Waals surface area contributed by atoms with Crippen LogP contribution in [0.25, 0.3) is 0 Å². The second kappa shape index (κ2) is 8.33. The molecule has 0 aliphatic rings. The summed E-state index contributed by atoms with van der Waals surface area (Å²) in [7, 11) is 0. The topological polar surface area (TPSA) is 70.2 Å². The predicted octanol–water partition coefficient (Wildman–Crippen LogP) is 3.70. The van der Waals surface area contributed by atoms with E-state index >= 15 is 0 Å². The van der Waals surface area contributed by atoms with E-state index in [9.17, 15) is 9.59 Å². The molecule has 3 N–H and O–H groups in total. The van der Waals surface area contributed by atoms with Gasteiger partial charge in [0.25, 0.3) is 5.91 Å². The molecular weight excluding hydrogens is 314 g/mol. The van der Waals surface area contributed by atoms with Crippen molar-refractivity contribution in [3.05, 3.63) is 59.2 Å². The van der Waals surface area contributed by atoms with Gasteiger partial charge in [-0.3, -0.25) is 9.59 Å². The molecule has 0 unspecified atom stereocenters. The van der Waals surface area contributed by atoms with Gasteiger partial charge in [-0.15, -0.1) is 0 Å². The van der Waals surface area contributed by atoms with E-state index in [0.29, 0.717) is 12.1 Å². The van der Waals surface area contributed by atoms with Crippen LogP contribution in [0, 0.1) is 6.92 Å². The van der Waals surface area contributed by atoms with E-state index in [1.54, 1.807) is 0 Å². The van der Waals surface area contributed by atoms with E-state index in [4.69, 9.17) is 0 Å². The zero-order valence-electron chi connectivity index (χ0n) is 15.1. The zero-order valence-corrected chi connectivity index (χ0v) is 15.1. The Bertz CT molecular complexity index is 752. The molecule has 2 aromatic carbocycles. The normalized spacial score (nSPS) is 10.4. The van der Waals surface area contributed by atoms with E-state index in [1.807, 2.05) is 63.2 Å². The minimum absolute atomic E-state index is 0.0485. The fourth-order valence-electron chi connectivity index (χ4n) is 2.48. The van der Waals surface area contributed by atoms with Crippen LogP contribution < -0.4 is 16.0 Å². The third-order valence-electron chi connectivity index (χ3n) is 3.66. The van der Waals surface area contributed by atoms with Gasteiger partial charge in [0, 0.05) is 36.4 Å². The fourth-order valence-corrected chi connectivity index (χ4v) is 2.48. The van der Waals surface area contributed by atoms with Crippen LogP contribution in [0.2, 0.25) is 0 Å². The first-order chi connectivity index (χ1) is 11.8. The number of anilines is 2. The van der Waals surface area contributed by atoms with Gasteiger partial charge < -0.3 is 16.0 Å². The van der Waals surface area contributed by atoms with Crippen LogP contribution in [-0.2, 0) is 11.3 Å². The Hall–Kier alpha value is -2.82. The van der Waals surface area contributed by atoms with Crippen LogP contribution in [-0.4, -0.2) is 17.9 Å². The molecule has 0 spiro atoms. The third kappa shape index (κ3) is 5.64. The highest BCUT2D eigenvalue weighted by Crippen LogP contribution is 2.17. The first-order valence-corrected chi connectivity index (χ1v) is 8.37. The number of benzene rings is 2. The zero-order chi connectivity index (χ0) is 18.4. The summed E-state index contributed by atoms with van der Waals surface area (Å²) in [5.41, 5.74) is 4.48. The lowest BCUT2D eigenvalue weighted by Gasteiger charge is -2.13. The van der Waals surface area contributed by atoms with Gasteiger partial charge in [-0.2, -0.15) is 0 Å². The molecular formula is C20H25N3O2. The van der Waals surface area contributed by atoms with E-state index in [2.05, 4.69) is 16.0 Å². The molecule has 5 heteroatoms. The van der Waals surface area contributed by atoms with Gasteiger partial charge in [0.05, 0.1) is 0 Å².